The van der Waals surface area contributed by atoms with E-state index in [-0.39, 0.29) is 38.2 Å². The van der Waals surface area contributed by atoms with Crippen LogP contribution in [0.4, 0.5) is 10.1 Å². The third kappa shape index (κ3) is 2.69. The summed E-state index contributed by atoms with van der Waals surface area (Å²) >= 11 is 11.6. The Bertz CT molecular complexity index is 819. The van der Waals surface area contributed by atoms with Gasteiger partial charge in [0.1, 0.15) is 6.07 Å². The van der Waals surface area contributed by atoms with Gasteiger partial charge in [-0.3, -0.25) is 0 Å². The van der Waals surface area contributed by atoms with Gasteiger partial charge >= 0.3 is 5.97 Å². The Morgan fingerprint density at radius 3 is 2.73 bits per heavy atom. The fraction of sp³-hybridized carbons (Fsp3) is 0.0714. The summed E-state index contributed by atoms with van der Waals surface area (Å²) in [6.45, 7) is 0. The van der Waals surface area contributed by atoms with Gasteiger partial charge in [-0.2, -0.15) is 5.26 Å². The number of carbonyl (C=O) groups is 1. The minimum absolute atomic E-state index is 0.0475. The van der Waals surface area contributed by atoms with Crippen molar-refractivity contribution < 1.29 is 13.9 Å². The van der Waals surface area contributed by atoms with Crippen molar-refractivity contribution in [1.29, 1.82) is 5.26 Å². The molecule has 2 rings (SSSR count). The number of hydrogen-bond donors (Lipinski definition) is 1. The summed E-state index contributed by atoms with van der Waals surface area (Å²) in [5, 5.41) is 8.83. The predicted molar refractivity (Wildman–Crippen MR) is 80.1 cm³/mol. The zero-order valence-electron chi connectivity index (χ0n) is 11.2. The molecule has 0 aliphatic rings. The molecule has 2 N–H and O–H groups in total. The van der Waals surface area contributed by atoms with E-state index >= 15 is 0 Å². The topological polar surface area (TPSA) is 89.0 Å². The minimum atomic E-state index is -0.878. The van der Waals surface area contributed by atoms with Crippen LogP contribution in [-0.2, 0) is 4.74 Å². The summed E-state index contributed by atoms with van der Waals surface area (Å²) in [5.41, 5.74) is 5.49. The molecule has 1 aromatic heterocycles. The van der Waals surface area contributed by atoms with E-state index in [1.54, 1.807) is 6.07 Å². The van der Waals surface area contributed by atoms with Crippen molar-refractivity contribution in [3.05, 3.63) is 45.3 Å². The van der Waals surface area contributed by atoms with Gasteiger partial charge in [0, 0.05) is 5.56 Å². The summed E-state index contributed by atoms with van der Waals surface area (Å²) in [6.07, 6.45) is 0. The maximum atomic E-state index is 13.9. The van der Waals surface area contributed by atoms with Crippen molar-refractivity contribution in [2.24, 2.45) is 0 Å². The van der Waals surface area contributed by atoms with E-state index in [0.717, 1.165) is 7.11 Å². The van der Waals surface area contributed by atoms with Gasteiger partial charge in [-0.05, 0) is 18.2 Å². The van der Waals surface area contributed by atoms with E-state index < -0.39 is 11.8 Å². The number of aromatic nitrogens is 1. The molecule has 0 fully saturated rings. The number of esters is 1. The van der Waals surface area contributed by atoms with Crippen LogP contribution in [0, 0.1) is 17.1 Å². The highest BCUT2D eigenvalue weighted by Gasteiger charge is 2.20. The molecule has 0 saturated carbocycles. The molecule has 5 nitrogen and oxygen atoms in total. The van der Waals surface area contributed by atoms with Crippen LogP contribution < -0.4 is 5.73 Å². The van der Waals surface area contributed by atoms with E-state index in [1.165, 1.54) is 18.2 Å². The molecule has 0 aliphatic carbocycles. The molecular formula is C14H8Cl2FN3O2. The summed E-state index contributed by atoms with van der Waals surface area (Å²) in [7, 11) is 1.16. The summed E-state index contributed by atoms with van der Waals surface area (Å²) in [6, 6.07) is 5.72. The van der Waals surface area contributed by atoms with E-state index in [0.29, 0.717) is 0 Å². The monoisotopic (exact) mass is 339 g/mol. The van der Waals surface area contributed by atoms with Crippen molar-refractivity contribution >= 4 is 34.9 Å². The number of nitrogens with zero attached hydrogens (tertiary/aromatic N) is 2. The van der Waals surface area contributed by atoms with E-state index in [1.807, 2.05) is 0 Å². The van der Waals surface area contributed by atoms with Gasteiger partial charge < -0.3 is 10.5 Å². The number of halogens is 3. The molecule has 1 aromatic carbocycles. The number of anilines is 1. The van der Waals surface area contributed by atoms with Gasteiger partial charge in [-0.25, -0.2) is 14.2 Å². The van der Waals surface area contributed by atoms with Crippen LogP contribution >= 0.6 is 23.2 Å². The second kappa shape index (κ2) is 6.18. The lowest BCUT2D eigenvalue weighted by Crippen LogP contribution is -2.08. The lowest BCUT2D eigenvalue weighted by atomic mass is 10.0. The highest BCUT2D eigenvalue weighted by atomic mass is 35.5. The smallest absolute Gasteiger partial charge is 0.358 e. The van der Waals surface area contributed by atoms with Crippen molar-refractivity contribution in [2.45, 2.75) is 0 Å². The molecule has 112 valence electrons. The SMILES string of the molecule is COC(=O)c1nc(-c2ccc(Cl)c(F)c2C#N)cc(N)c1Cl. The Kier molecular flexibility index (Phi) is 4.50. The largest absolute Gasteiger partial charge is 0.464 e. The summed E-state index contributed by atoms with van der Waals surface area (Å²) < 4.78 is 18.5. The number of rotatable bonds is 2. The van der Waals surface area contributed by atoms with Gasteiger partial charge in [0.05, 0.1) is 34.1 Å². The first-order chi connectivity index (χ1) is 10.4. The zero-order chi connectivity index (χ0) is 16.4. The summed E-state index contributed by atoms with van der Waals surface area (Å²) in [5.74, 6) is -1.68. The predicted octanol–water partition coefficient (Wildman–Crippen LogP) is 3.43. The Balaban J connectivity index is 2.75. The van der Waals surface area contributed by atoms with Crippen molar-refractivity contribution in [2.75, 3.05) is 12.8 Å². The molecular weight excluding hydrogens is 332 g/mol. The molecule has 0 saturated heterocycles. The van der Waals surface area contributed by atoms with E-state index in [9.17, 15) is 9.18 Å². The van der Waals surface area contributed by atoms with Crippen LogP contribution in [0.5, 0.6) is 0 Å². The quantitative estimate of drug-likeness (QED) is 0.846. The molecule has 0 bridgehead atoms. The normalized spacial score (nSPS) is 10.1. The molecule has 2 aromatic rings. The third-order valence-corrected chi connectivity index (χ3v) is 3.54. The number of nitriles is 1. The Morgan fingerprint density at radius 2 is 2.14 bits per heavy atom. The minimum Gasteiger partial charge on any atom is -0.464 e. The van der Waals surface area contributed by atoms with Gasteiger partial charge in [0.15, 0.2) is 11.5 Å². The highest BCUT2D eigenvalue weighted by molar-refractivity contribution is 6.35. The lowest BCUT2D eigenvalue weighted by Gasteiger charge is -2.10. The number of ether oxygens (including phenoxy) is 1. The van der Waals surface area contributed by atoms with Gasteiger partial charge in [0.25, 0.3) is 0 Å². The Hall–Kier alpha value is -2.36. The Labute approximate surface area is 135 Å². The van der Waals surface area contributed by atoms with Crippen LogP contribution in [0.3, 0.4) is 0 Å². The molecule has 0 atom stereocenters. The number of hydrogen-bond acceptors (Lipinski definition) is 5. The number of nitrogens with two attached hydrogens (primary N) is 1. The number of pyridine rings is 1. The van der Waals surface area contributed by atoms with Gasteiger partial charge in [0.2, 0.25) is 0 Å². The molecule has 0 unspecified atom stereocenters. The van der Waals surface area contributed by atoms with Crippen molar-refractivity contribution in [1.82, 2.24) is 4.98 Å². The van der Waals surface area contributed by atoms with Crippen LogP contribution in [0.15, 0.2) is 18.2 Å². The van der Waals surface area contributed by atoms with Gasteiger partial charge in [-0.15, -0.1) is 0 Å². The first-order valence-corrected chi connectivity index (χ1v) is 6.59. The molecule has 1 heterocycles. The number of nitrogen functional groups attached to an aromatic ring is 1. The number of benzene rings is 1. The summed E-state index contributed by atoms with van der Waals surface area (Å²) in [4.78, 5) is 15.7. The zero-order valence-corrected chi connectivity index (χ0v) is 12.7. The maximum Gasteiger partial charge on any atom is 0.358 e. The average Bonchev–Trinajstić information content (AvgIpc) is 2.51. The lowest BCUT2D eigenvalue weighted by molar-refractivity contribution is 0.0594. The molecule has 0 spiro atoms. The first kappa shape index (κ1) is 16.0. The van der Waals surface area contributed by atoms with Gasteiger partial charge in [-0.1, -0.05) is 23.2 Å². The average molecular weight is 340 g/mol. The molecule has 0 radical (unpaired) electrons. The second-order valence-corrected chi connectivity index (χ2v) is 4.93. The van der Waals surface area contributed by atoms with E-state index in [2.05, 4.69) is 9.72 Å². The van der Waals surface area contributed by atoms with Crippen LogP contribution in [0.25, 0.3) is 11.3 Å². The molecule has 8 heteroatoms. The molecule has 22 heavy (non-hydrogen) atoms. The van der Waals surface area contributed by atoms with Crippen LogP contribution in [0.1, 0.15) is 16.1 Å². The van der Waals surface area contributed by atoms with E-state index in [4.69, 9.17) is 34.2 Å². The second-order valence-electron chi connectivity index (χ2n) is 4.15. The maximum absolute atomic E-state index is 13.9. The molecule has 0 aliphatic heterocycles. The number of methoxy groups -OCH3 is 1. The Morgan fingerprint density at radius 1 is 1.45 bits per heavy atom. The fourth-order valence-corrected chi connectivity index (χ4v) is 2.12. The van der Waals surface area contributed by atoms with Crippen LogP contribution in [-0.4, -0.2) is 18.1 Å². The first-order valence-electron chi connectivity index (χ1n) is 5.83. The van der Waals surface area contributed by atoms with Crippen LogP contribution in [0.2, 0.25) is 10.0 Å². The fourth-order valence-electron chi connectivity index (χ4n) is 1.79. The van der Waals surface area contributed by atoms with Crippen molar-refractivity contribution in [3.63, 3.8) is 0 Å². The third-order valence-electron chi connectivity index (χ3n) is 2.85. The molecule has 0 amide bonds. The van der Waals surface area contributed by atoms with Crippen molar-refractivity contribution in [3.8, 4) is 17.3 Å². The highest BCUT2D eigenvalue weighted by Crippen LogP contribution is 2.32. The number of carbonyl (C=O) groups excluding carboxylic acids is 1. The standard InChI is InChI=1S/C14H8Cl2FN3O2/c1-22-14(21)13-11(16)9(19)4-10(20-13)6-2-3-8(15)12(17)7(6)5-18/h2-4H,1H3,(H2,19,20).